The Bertz CT molecular complexity index is 410. The number of nitrogens with zero attached hydrogens (tertiary/aromatic N) is 1. The molecule has 20 heavy (non-hydrogen) atoms. The van der Waals surface area contributed by atoms with Gasteiger partial charge in [-0.25, -0.2) is 4.98 Å². The summed E-state index contributed by atoms with van der Waals surface area (Å²) in [6, 6.07) is 0. The lowest BCUT2D eigenvalue weighted by atomic mass is 10.3. The van der Waals surface area contributed by atoms with Crippen LogP contribution in [0.5, 0.6) is 0 Å². The Balaban J connectivity index is -0.000000269. The third-order valence-electron chi connectivity index (χ3n) is 1.33. The molecule has 0 unspecified atom stereocenters. The lowest BCUT2D eigenvalue weighted by Crippen LogP contribution is -2.20. The second kappa shape index (κ2) is 17.7. The van der Waals surface area contributed by atoms with E-state index in [1.54, 1.807) is 6.08 Å². The maximum Gasteiger partial charge on any atom is 0.192 e. The zero-order valence-corrected chi connectivity index (χ0v) is 15.1. The van der Waals surface area contributed by atoms with Gasteiger partial charge in [0.15, 0.2) is 11.3 Å². The molecule has 1 rings (SSSR count). The summed E-state index contributed by atoms with van der Waals surface area (Å²) in [5.41, 5.74) is 0.808. The lowest BCUT2D eigenvalue weighted by molar-refractivity contribution is 0.491. The highest BCUT2D eigenvalue weighted by molar-refractivity contribution is 5.33. The van der Waals surface area contributed by atoms with Gasteiger partial charge in [-0.1, -0.05) is 67.5 Å². The van der Waals surface area contributed by atoms with Crippen LogP contribution in [0, 0.1) is 12.8 Å². The van der Waals surface area contributed by atoms with Crippen molar-refractivity contribution in [1.82, 2.24) is 4.98 Å². The van der Waals surface area contributed by atoms with E-state index in [4.69, 9.17) is 4.42 Å². The van der Waals surface area contributed by atoms with E-state index in [9.17, 15) is 0 Å². The predicted octanol–water partition coefficient (Wildman–Crippen LogP) is 4.85. The quantitative estimate of drug-likeness (QED) is 0.735. The minimum absolute atomic E-state index is 0.686. The first-order valence-electron chi connectivity index (χ1n) is 7.65. The van der Waals surface area contributed by atoms with Crippen LogP contribution in [-0.4, -0.2) is 4.98 Å². The molecule has 0 aliphatic heterocycles. The monoisotopic (exact) mass is 281 g/mol. The Hall–Kier alpha value is -1.31. The Morgan fingerprint density at radius 3 is 1.90 bits per heavy atom. The fraction of sp³-hybridized carbons (Fsp3) is 0.611. The van der Waals surface area contributed by atoms with Gasteiger partial charge in [-0.3, -0.25) is 0 Å². The SMILES string of the molecule is C=C/C=c1/nc(C)o/c1=C/C.CC.CC(C)C.CCC. The molecule has 2 nitrogen and oxygen atoms in total. The van der Waals surface area contributed by atoms with E-state index < -0.39 is 0 Å². The van der Waals surface area contributed by atoms with Crippen LogP contribution >= 0.6 is 0 Å². The molecule has 0 saturated heterocycles. The third-order valence-corrected chi connectivity index (χ3v) is 1.33. The van der Waals surface area contributed by atoms with Crippen molar-refractivity contribution >= 4 is 12.2 Å². The highest BCUT2D eigenvalue weighted by Gasteiger charge is 1.91. The van der Waals surface area contributed by atoms with Gasteiger partial charge in [0, 0.05) is 6.92 Å². The summed E-state index contributed by atoms with van der Waals surface area (Å²) in [7, 11) is 0. The van der Waals surface area contributed by atoms with Crippen LogP contribution < -0.4 is 10.8 Å². The van der Waals surface area contributed by atoms with Crippen molar-refractivity contribution in [3.05, 3.63) is 29.3 Å². The predicted molar refractivity (Wildman–Crippen MR) is 93.1 cm³/mol. The van der Waals surface area contributed by atoms with Crippen LogP contribution in [0.3, 0.4) is 0 Å². The van der Waals surface area contributed by atoms with Crippen LogP contribution in [-0.2, 0) is 0 Å². The summed E-state index contributed by atoms with van der Waals surface area (Å²) in [6.07, 6.45) is 6.66. The topological polar surface area (TPSA) is 26.0 Å². The molecule has 0 aliphatic carbocycles. The maximum absolute atomic E-state index is 5.27. The molecule has 0 atom stereocenters. The van der Waals surface area contributed by atoms with Gasteiger partial charge in [0.05, 0.1) is 0 Å². The van der Waals surface area contributed by atoms with E-state index in [1.165, 1.54) is 6.42 Å². The standard InChI is InChI=1S/C9H11NO.C4H10.C3H8.C2H6/c1-4-6-8-9(5-2)11-7(3)10-8;1-4(2)3;1-3-2;1-2/h4-6H,1H2,2-3H3;4H,1-3H3;3H2,1-2H3;1-2H3/b8-6+,9-5+;;;. The minimum atomic E-state index is 0.686. The van der Waals surface area contributed by atoms with Gasteiger partial charge in [-0.15, -0.1) is 0 Å². The second-order valence-electron chi connectivity index (χ2n) is 4.61. The fourth-order valence-electron chi connectivity index (χ4n) is 0.897. The first-order chi connectivity index (χ1) is 9.42. The molecule has 0 amide bonds. The smallest absolute Gasteiger partial charge is 0.192 e. The zero-order chi connectivity index (χ0) is 16.6. The van der Waals surface area contributed by atoms with Crippen molar-refractivity contribution in [2.24, 2.45) is 5.92 Å². The molecule has 1 heterocycles. The summed E-state index contributed by atoms with van der Waals surface area (Å²) >= 11 is 0. The first-order valence-corrected chi connectivity index (χ1v) is 7.65. The van der Waals surface area contributed by atoms with Gasteiger partial charge in [0.2, 0.25) is 0 Å². The van der Waals surface area contributed by atoms with Crippen LogP contribution in [0.1, 0.15) is 67.7 Å². The van der Waals surface area contributed by atoms with Crippen LogP contribution in [0.4, 0.5) is 0 Å². The van der Waals surface area contributed by atoms with Gasteiger partial charge >= 0.3 is 0 Å². The average molecular weight is 281 g/mol. The largest absolute Gasteiger partial charge is 0.441 e. The number of allylic oxidation sites excluding steroid dienone is 1. The fourth-order valence-corrected chi connectivity index (χ4v) is 0.897. The number of hydrogen-bond donors (Lipinski definition) is 0. The molecule has 0 aromatic carbocycles. The van der Waals surface area contributed by atoms with Crippen molar-refractivity contribution in [3.63, 3.8) is 0 Å². The van der Waals surface area contributed by atoms with Crippen LogP contribution in [0.2, 0.25) is 0 Å². The Morgan fingerprint density at radius 2 is 1.60 bits per heavy atom. The van der Waals surface area contributed by atoms with Crippen LogP contribution in [0.15, 0.2) is 17.1 Å². The Kier molecular flexibility index (Phi) is 21.0. The molecule has 2 heteroatoms. The highest BCUT2D eigenvalue weighted by Crippen LogP contribution is 1.81. The molecule has 0 fully saturated rings. The normalized spacial score (nSPS) is 10.7. The van der Waals surface area contributed by atoms with E-state index in [0.717, 1.165) is 16.7 Å². The van der Waals surface area contributed by atoms with Gasteiger partial charge in [-0.2, -0.15) is 0 Å². The second-order valence-corrected chi connectivity index (χ2v) is 4.61. The lowest BCUT2D eigenvalue weighted by Gasteiger charge is -1.79. The molecule has 0 bridgehead atoms. The van der Waals surface area contributed by atoms with Crippen molar-refractivity contribution < 1.29 is 4.42 Å². The van der Waals surface area contributed by atoms with E-state index in [-0.39, 0.29) is 0 Å². The maximum atomic E-state index is 5.27. The number of aromatic nitrogens is 1. The molecule has 1 aromatic heterocycles. The molecular weight excluding hydrogens is 246 g/mol. The summed E-state index contributed by atoms with van der Waals surface area (Å²) in [5, 5.41) is 0.847. The molecule has 0 aliphatic rings. The van der Waals surface area contributed by atoms with Gasteiger partial charge in [0.25, 0.3) is 0 Å². The number of oxazole rings is 1. The highest BCUT2D eigenvalue weighted by atomic mass is 16.3. The average Bonchev–Trinajstić information content (AvgIpc) is 2.73. The van der Waals surface area contributed by atoms with Gasteiger partial charge in [-0.05, 0) is 25.0 Å². The molecule has 0 spiro atoms. The summed E-state index contributed by atoms with van der Waals surface area (Å²) in [5.74, 6) is 1.52. The van der Waals surface area contributed by atoms with Crippen molar-refractivity contribution in [2.75, 3.05) is 0 Å². The van der Waals surface area contributed by atoms with Crippen molar-refractivity contribution in [2.45, 2.75) is 68.7 Å². The van der Waals surface area contributed by atoms with Gasteiger partial charge in [0.1, 0.15) is 5.35 Å². The summed E-state index contributed by atoms with van der Waals surface area (Å²) < 4.78 is 5.27. The third kappa shape index (κ3) is 16.7. The Labute approximate surface area is 126 Å². The summed E-state index contributed by atoms with van der Waals surface area (Å²) in [4.78, 5) is 4.15. The number of hydrogen-bond acceptors (Lipinski definition) is 2. The van der Waals surface area contributed by atoms with Crippen molar-refractivity contribution in [3.8, 4) is 0 Å². The Morgan fingerprint density at radius 1 is 1.20 bits per heavy atom. The molecule has 1 aromatic rings. The summed E-state index contributed by atoms with van der Waals surface area (Å²) in [6.45, 7) is 22.1. The van der Waals surface area contributed by atoms with E-state index in [0.29, 0.717) is 5.89 Å². The van der Waals surface area contributed by atoms with Crippen molar-refractivity contribution in [1.29, 1.82) is 0 Å². The van der Waals surface area contributed by atoms with Gasteiger partial charge < -0.3 is 4.42 Å². The van der Waals surface area contributed by atoms with E-state index >= 15 is 0 Å². The zero-order valence-electron chi connectivity index (χ0n) is 15.1. The van der Waals surface area contributed by atoms with E-state index in [1.807, 2.05) is 39.8 Å². The van der Waals surface area contributed by atoms with E-state index in [2.05, 4.69) is 46.2 Å². The minimum Gasteiger partial charge on any atom is -0.441 e. The molecule has 118 valence electrons. The molecule has 0 N–H and O–H groups in total. The molecule has 0 radical (unpaired) electrons. The van der Waals surface area contributed by atoms with Crippen LogP contribution in [0.25, 0.3) is 12.2 Å². The first kappa shape index (κ1) is 23.8. The number of aryl methyl sites for hydroxylation is 1. The number of rotatable bonds is 1. The molecular formula is C18H35NO. The molecule has 0 saturated carbocycles.